The lowest BCUT2D eigenvalue weighted by atomic mass is 10.0. The van der Waals surface area contributed by atoms with Crippen LogP contribution in [0.5, 0.6) is 0 Å². The summed E-state index contributed by atoms with van der Waals surface area (Å²) < 4.78 is 14.6. The number of nitriles is 1. The summed E-state index contributed by atoms with van der Waals surface area (Å²) in [4.78, 5) is 6.61. The van der Waals surface area contributed by atoms with Crippen molar-refractivity contribution in [2.45, 2.75) is 32.6 Å². The maximum Gasteiger partial charge on any atom is 0.191 e. The largest absolute Gasteiger partial charge is 0.382 e. The molecule has 0 spiro atoms. The highest BCUT2D eigenvalue weighted by Gasteiger charge is 2.18. The number of aliphatic imine (C=N–C) groups is 1. The van der Waals surface area contributed by atoms with Crippen molar-refractivity contribution in [3.05, 3.63) is 41.3 Å². The van der Waals surface area contributed by atoms with E-state index < -0.39 is 0 Å². The van der Waals surface area contributed by atoms with E-state index in [0.29, 0.717) is 48.2 Å². The fraction of sp³-hybridized carbons (Fsp3) is 0.450. The summed E-state index contributed by atoms with van der Waals surface area (Å²) in [5.74, 6) is 1.14. The van der Waals surface area contributed by atoms with Crippen LogP contribution < -0.4 is 11.5 Å². The zero-order valence-electron chi connectivity index (χ0n) is 16.5. The van der Waals surface area contributed by atoms with Gasteiger partial charge in [0.15, 0.2) is 5.96 Å². The summed E-state index contributed by atoms with van der Waals surface area (Å²) in [5.41, 5.74) is 13.8. The lowest BCUT2D eigenvalue weighted by Crippen LogP contribution is -2.43. The molecule has 1 fully saturated rings. The lowest BCUT2D eigenvalue weighted by Gasteiger charge is -2.31. The molecular weight excluding hydrogens is 484 g/mol. The average Bonchev–Trinajstić information content (AvgIpc) is 3.01. The highest BCUT2D eigenvalue weighted by molar-refractivity contribution is 14.0. The van der Waals surface area contributed by atoms with Gasteiger partial charge in [0.05, 0.1) is 11.4 Å². The van der Waals surface area contributed by atoms with E-state index in [2.05, 4.69) is 28.0 Å². The monoisotopic (exact) mass is 511 g/mol. The van der Waals surface area contributed by atoms with Crippen molar-refractivity contribution in [1.82, 2.24) is 14.7 Å². The molecule has 0 radical (unpaired) electrons. The second-order valence-electron chi connectivity index (χ2n) is 7.24. The van der Waals surface area contributed by atoms with Gasteiger partial charge in [0.2, 0.25) is 0 Å². The summed E-state index contributed by atoms with van der Waals surface area (Å²) in [6, 6.07) is 7.94. The van der Waals surface area contributed by atoms with Gasteiger partial charge in [-0.15, -0.1) is 24.0 Å². The first-order valence-electron chi connectivity index (χ1n) is 9.58. The van der Waals surface area contributed by atoms with Gasteiger partial charge >= 0.3 is 0 Å². The third-order valence-electron chi connectivity index (χ3n) is 5.00. The first-order valence-corrected chi connectivity index (χ1v) is 9.58. The molecule has 1 aliphatic rings. The maximum absolute atomic E-state index is 13.1. The molecule has 0 aliphatic carbocycles. The Hall–Kier alpha value is -2.35. The minimum Gasteiger partial charge on any atom is -0.382 e. The molecule has 7 nitrogen and oxygen atoms in total. The first-order chi connectivity index (χ1) is 13.5. The Balaban J connectivity index is 0.00000300. The summed E-state index contributed by atoms with van der Waals surface area (Å²) in [7, 11) is 0. The fourth-order valence-electron chi connectivity index (χ4n) is 3.49. The Labute approximate surface area is 187 Å². The van der Waals surface area contributed by atoms with Crippen molar-refractivity contribution >= 4 is 35.8 Å². The highest BCUT2D eigenvalue weighted by Crippen LogP contribution is 2.22. The maximum atomic E-state index is 13.1. The fourth-order valence-corrected chi connectivity index (χ4v) is 3.49. The van der Waals surface area contributed by atoms with Crippen LogP contribution in [0.4, 0.5) is 10.2 Å². The third kappa shape index (κ3) is 5.59. The zero-order valence-corrected chi connectivity index (χ0v) is 18.8. The Morgan fingerprint density at radius 1 is 1.38 bits per heavy atom. The number of benzene rings is 1. The van der Waals surface area contributed by atoms with Crippen LogP contribution in [0.2, 0.25) is 0 Å². The zero-order chi connectivity index (χ0) is 20.1. The summed E-state index contributed by atoms with van der Waals surface area (Å²) in [5, 5.41) is 13.9. The Morgan fingerprint density at radius 3 is 2.76 bits per heavy atom. The smallest absolute Gasteiger partial charge is 0.191 e. The molecule has 0 amide bonds. The van der Waals surface area contributed by atoms with E-state index in [4.69, 9.17) is 11.5 Å². The second kappa shape index (κ2) is 10.4. The molecule has 1 aliphatic heterocycles. The SMILES string of the molecule is CC1CCCN(C(N)=NCCCc2nn(-c3ccc(F)cc3)c(N)c2C#N)C1.I. The molecule has 0 bridgehead atoms. The van der Waals surface area contributed by atoms with Gasteiger partial charge in [0, 0.05) is 19.6 Å². The number of guanidine groups is 1. The Kier molecular flexibility index (Phi) is 8.25. The molecule has 1 unspecified atom stereocenters. The van der Waals surface area contributed by atoms with Crippen molar-refractivity contribution in [3.63, 3.8) is 0 Å². The molecule has 2 heterocycles. The van der Waals surface area contributed by atoms with Gasteiger partial charge in [0.1, 0.15) is 23.3 Å². The first kappa shape index (κ1) is 22.9. The number of nitrogens with zero attached hydrogens (tertiary/aromatic N) is 5. The van der Waals surface area contributed by atoms with Crippen molar-refractivity contribution in [3.8, 4) is 11.8 Å². The quantitative estimate of drug-likeness (QED) is 0.278. The van der Waals surface area contributed by atoms with Gasteiger partial charge in [-0.2, -0.15) is 10.4 Å². The number of aromatic nitrogens is 2. The van der Waals surface area contributed by atoms with Crippen molar-refractivity contribution in [2.75, 3.05) is 25.4 Å². The summed E-state index contributed by atoms with van der Waals surface area (Å²) in [6.07, 6.45) is 3.65. The van der Waals surface area contributed by atoms with Crippen molar-refractivity contribution in [2.24, 2.45) is 16.6 Å². The van der Waals surface area contributed by atoms with E-state index in [1.54, 1.807) is 12.1 Å². The number of rotatable bonds is 5. The number of piperidine rings is 1. The average molecular weight is 511 g/mol. The van der Waals surface area contributed by atoms with Crippen LogP contribution in [0.1, 0.15) is 37.4 Å². The number of aryl methyl sites for hydroxylation is 1. The van der Waals surface area contributed by atoms with E-state index in [0.717, 1.165) is 19.5 Å². The molecule has 1 aromatic carbocycles. The molecular formula is C20H27FIN7. The van der Waals surface area contributed by atoms with Gasteiger partial charge in [-0.3, -0.25) is 4.99 Å². The molecule has 3 rings (SSSR count). The number of hydrogen-bond donors (Lipinski definition) is 2. The molecule has 2 aromatic rings. The number of nitrogen functional groups attached to an aromatic ring is 1. The standard InChI is InChI=1S/C20H26FN7.HI/c1-14-4-3-11-27(13-14)20(24)25-10-2-5-18-17(12-22)19(23)28(26-18)16-8-6-15(21)7-9-16;/h6-9,14H,2-5,10-11,13,23H2,1H3,(H2,24,25);1H. The third-order valence-corrected chi connectivity index (χ3v) is 5.00. The van der Waals surface area contributed by atoms with Crippen LogP contribution >= 0.6 is 24.0 Å². The predicted molar refractivity (Wildman–Crippen MR) is 123 cm³/mol. The molecule has 1 atom stereocenters. The van der Waals surface area contributed by atoms with Crippen LogP contribution in [-0.4, -0.2) is 40.3 Å². The van der Waals surface area contributed by atoms with E-state index in [9.17, 15) is 9.65 Å². The van der Waals surface area contributed by atoms with Gasteiger partial charge in [-0.1, -0.05) is 6.92 Å². The number of hydrogen-bond acceptors (Lipinski definition) is 4. The number of anilines is 1. The predicted octanol–water partition coefficient (Wildman–Crippen LogP) is 3.06. The molecule has 9 heteroatoms. The van der Waals surface area contributed by atoms with E-state index in [1.807, 2.05) is 0 Å². The van der Waals surface area contributed by atoms with Gasteiger partial charge in [0.25, 0.3) is 0 Å². The molecule has 1 aromatic heterocycles. The van der Waals surface area contributed by atoms with Crippen LogP contribution in [-0.2, 0) is 6.42 Å². The molecule has 4 N–H and O–H groups in total. The van der Waals surface area contributed by atoms with E-state index in [1.165, 1.54) is 23.2 Å². The Bertz CT molecular complexity index is 885. The number of halogens is 2. The topological polar surface area (TPSA) is 109 Å². The van der Waals surface area contributed by atoms with Crippen LogP contribution in [0.3, 0.4) is 0 Å². The minimum absolute atomic E-state index is 0. The second-order valence-corrected chi connectivity index (χ2v) is 7.24. The van der Waals surface area contributed by atoms with E-state index >= 15 is 0 Å². The highest BCUT2D eigenvalue weighted by atomic mass is 127. The van der Waals surface area contributed by atoms with Crippen molar-refractivity contribution < 1.29 is 4.39 Å². The summed E-state index contributed by atoms with van der Waals surface area (Å²) >= 11 is 0. The lowest BCUT2D eigenvalue weighted by molar-refractivity contribution is 0.270. The summed E-state index contributed by atoms with van der Waals surface area (Å²) in [6.45, 7) is 4.69. The van der Waals surface area contributed by atoms with Crippen molar-refractivity contribution in [1.29, 1.82) is 5.26 Å². The van der Waals surface area contributed by atoms with Gasteiger partial charge in [-0.05, 0) is 55.9 Å². The van der Waals surface area contributed by atoms with E-state index in [-0.39, 0.29) is 35.6 Å². The van der Waals surface area contributed by atoms with Gasteiger partial charge in [-0.25, -0.2) is 9.07 Å². The number of likely N-dealkylation sites (tertiary alicyclic amines) is 1. The molecule has 0 saturated carbocycles. The van der Waals surface area contributed by atoms with Crippen LogP contribution in [0, 0.1) is 23.1 Å². The minimum atomic E-state index is -0.339. The molecule has 29 heavy (non-hydrogen) atoms. The van der Waals surface area contributed by atoms with Gasteiger partial charge < -0.3 is 16.4 Å². The Morgan fingerprint density at radius 2 is 2.10 bits per heavy atom. The van der Waals surface area contributed by atoms with Crippen LogP contribution in [0.15, 0.2) is 29.3 Å². The molecule has 156 valence electrons. The van der Waals surface area contributed by atoms with Crippen LogP contribution in [0.25, 0.3) is 5.69 Å². The number of nitrogens with two attached hydrogens (primary N) is 2. The normalized spacial score (nSPS) is 16.9. The molecule has 1 saturated heterocycles.